The van der Waals surface area contributed by atoms with Gasteiger partial charge in [0.1, 0.15) is 0 Å². The second-order valence-electron chi connectivity index (χ2n) is 4.65. The van der Waals surface area contributed by atoms with Gasteiger partial charge in [0.25, 0.3) is 0 Å². The quantitative estimate of drug-likeness (QED) is 0.699. The van der Waals surface area contributed by atoms with Crippen LogP contribution in [0.15, 0.2) is 0 Å². The van der Waals surface area contributed by atoms with Crippen molar-refractivity contribution in [2.24, 2.45) is 0 Å². The molecule has 0 spiro atoms. The highest BCUT2D eigenvalue weighted by Gasteiger charge is 2.31. The van der Waals surface area contributed by atoms with E-state index in [4.69, 9.17) is 16.3 Å². The molecular weight excluding hydrogens is 262 g/mol. The first-order valence-electron chi connectivity index (χ1n) is 6.14. The zero-order valence-electron chi connectivity index (χ0n) is 10.6. The molecule has 1 heterocycles. The van der Waals surface area contributed by atoms with Gasteiger partial charge in [0.2, 0.25) is 10.0 Å². The molecule has 0 N–H and O–H groups in total. The number of halogens is 1. The first kappa shape index (κ1) is 15.2. The minimum Gasteiger partial charge on any atom is -0.378 e. The summed E-state index contributed by atoms with van der Waals surface area (Å²) >= 11 is 5.83. The highest BCUT2D eigenvalue weighted by Crippen LogP contribution is 2.21. The molecule has 0 aliphatic carbocycles. The van der Waals surface area contributed by atoms with Crippen LogP contribution in [0.3, 0.4) is 0 Å². The van der Waals surface area contributed by atoms with Gasteiger partial charge in [-0.3, -0.25) is 0 Å². The van der Waals surface area contributed by atoms with Crippen LogP contribution in [0.5, 0.6) is 0 Å². The molecule has 0 aromatic carbocycles. The van der Waals surface area contributed by atoms with Crippen molar-refractivity contribution in [1.29, 1.82) is 0 Å². The number of sulfonamides is 1. The van der Waals surface area contributed by atoms with Crippen molar-refractivity contribution >= 4 is 21.6 Å². The summed E-state index contributed by atoms with van der Waals surface area (Å²) in [5, 5.41) is 0. The maximum absolute atomic E-state index is 12.1. The van der Waals surface area contributed by atoms with E-state index in [0.29, 0.717) is 12.4 Å². The molecule has 17 heavy (non-hydrogen) atoms. The van der Waals surface area contributed by atoms with E-state index >= 15 is 0 Å². The lowest BCUT2D eigenvalue weighted by atomic mass is 10.1. The van der Waals surface area contributed by atoms with Crippen LogP contribution in [0.1, 0.15) is 33.1 Å². The zero-order chi connectivity index (χ0) is 12.9. The molecule has 1 rings (SSSR count). The Labute approximate surface area is 109 Å². The Balaban J connectivity index is 2.55. The van der Waals surface area contributed by atoms with Gasteiger partial charge in [0.05, 0.1) is 18.5 Å². The number of ether oxygens (including phenoxy) is 1. The Bertz CT molecular complexity index is 319. The molecule has 102 valence electrons. The van der Waals surface area contributed by atoms with Crippen LogP contribution < -0.4 is 0 Å². The summed E-state index contributed by atoms with van der Waals surface area (Å²) in [6.07, 6.45) is 2.92. The van der Waals surface area contributed by atoms with Crippen molar-refractivity contribution < 1.29 is 13.2 Å². The lowest BCUT2D eigenvalue weighted by molar-refractivity contribution is 0.0903. The Morgan fingerprint density at radius 2 is 2.12 bits per heavy atom. The molecule has 1 aliphatic heterocycles. The number of piperidine rings is 1. The van der Waals surface area contributed by atoms with Crippen LogP contribution in [0, 0.1) is 0 Å². The number of hydrogen-bond acceptors (Lipinski definition) is 3. The van der Waals surface area contributed by atoms with Gasteiger partial charge < -0.3 is 4.74 Å². The van der Waals surface area contributed by atoms with Crippen LogP contribution in [0.25, 0.3) is 0 Å². The van der Waals surface area contributed by atoms with E-state index in [1.807, 2.05) is 13.8 Å². The summed E-state index contributed by atoms with van der Waals surface area (Å²) in [7, 11) is -3.22. The minimum atomic E-state index is -3.22. The van der Waals surface area contributed by atoms with Crippen molar-refractivity contribution in [2.45, 2.75) is 45.3 Å². The zero-order valence-corrected chi connectivity index (χ0v) is 12.1. The summed E-state index contributed by atoms with van der Waals surface area (Å²) in [6.45, 7) is 4.65. The largest absolute Gasteiger partial charge is 0.378 e. The van der Waals surface area contributed by atoms with E-state index in [-0.39, 0.29) is 24.5 Å². The molecular formula is C11H22ClNO3S. The SMILES string of the molecule is CC(C)OCCS(=O)(=O)N1CCCCC1CCl. The van der Waals surface area contributed by atoms with E-state index in [9.17, 15) is 8.42 Å². The van der Waals surface area contributed by atoms with Crippen molar-refractivity contribution in [2.75, 3.05) is 24.8 Å². The third-order valence-electron chi connectivity index (χ3n) is 2.90. The lowest BCUT2D eigenvalue weighted by Crippen LogP contribution is -2.46. The second kappa shape index (κ2) is 6.92. The first-order valence-corrected chi connectivity index (χ1v) is 8.29. The molecule has 0 saturated carbocycles. The normalized spacial score (nSPS) is 23.2. The summed E-state index contributed by atoms with van der Waals surface area (Å²) in [5.74, 6) is 0.433. The summed E-state index contributed by atoms with van der Waals surface area (Å²) in [6, 6.07) is -0.0329. The highest BCUT2D eigenvalue weighted by molar-refractivity contribution is 7.89. The number of rotatable bonds is 6. The van der Waals surface area contributed by atoms with Gasteiger partial charge in [-0.25, -0.2) is 8.42 Å². The van der Waals surface area contributed by atoms with Gasteiger partial charge >= 0.3 is 0 Å². The fourth-order valence-electron chi connectivity index (χ4n) is 2.00. The maximum Gasteiger partial charge on any atom is 0.216 e. The Hall–Kier alpha value is 0.160. The minimum absolute atomic E-state index is 0.0329. The van der Waals surface area contributed by atoms with Gasteiger partial charge in [0, 0.05) is 18.5 Å². The van der Waals surface area contributed by atoms with E-state index in [1.54, 1.807) is 4.31 Å². The molecule has 0 bridgehead atoms. The molecule has 6 heteroatoms. The topological polar surface area (TPSA) is 46.6 Å². The van der Waals surface area contributed by atoms with Gasteiger partial charge in [-0.15, -0.1) is 11.6 Å². The Kier molecular flexibility index (Phi) is 6.20. The van der Waals surface area contributed by atoms with Gasteiger partial charge in [-0.05, 0) is 26.7 Å². The van der Waals surface area contributed by atoms with Crippen molar-refractivity contribution in [3.63, 3.8) is 0 Å². The third kappa shape index (κ3) is 4.73. The number of hydrogen-bond donors (Lipinski definition) is 0. The average Bonchev–Trinajstić information content (AvgIpc) is 2.28. The van der Waals surface area contributed by atoms with Crippen LogP contribution in [0.4, 0.5) is 0 Å². The average molecular weight is 284 g/mol. The summed E-state index contributed by atoms with van der Waals surface area (Å²) in [5.41, 5.74) is 0. The first-order chi connectivity index (χ1) is 7.97. The van der Waals surface area contributed by atoms with Crippen LogP contribution in [-0.2, 0) is 14.8 Å². The Morgan fingerprint density at radius 1 is 1.41 bits per heavy atom. The Morgan fingerprint density at radius 3 is 2.71 bits per heavy atom. The summed E-state index contributed by atoms with van der Waals surface area (Å²) < 4.78 is 31.1. The molecule has 1 unspecified atom stereocenters. The lowest BCUT2D eigenvalue weighted by Gasteiger charge is -2.33. The number of nitrogens with zero attached hydrogens (tertiary/aromatic N) is 1. The van der Waals surface area contributed by atoms with E-state index in [0.717, 1.165) is 19.3 Å². The molecule has 0 aromatic heterocycles. The third-order valence-corrected chi connectivity index (χ3v) is 5.14. The molecule has 1 saturated heterocycles. The van der Waals surface area contributed by atoms with Crippen LogP contribution in [-0.4, -0.2) is 49.7 Å². The smallest absolute Gasteiger partial charge is 0.216 e. The van der Waals surface area contributed by atoms with Crippen LogP contribution >= 0.6 is 11.6 Å². The molecule has 0 aromatic rings. The van der Waals surface area contributed by atoms with Gasteiger partial charge in [-0.1, -0.05) is 6.42 Å². The van der Waals surface area contributed by atoms with E-state index < -0.39 is 10.0 Å². The standard InChI is InChI=1S/C11H22ClNO3S/c1-10(2)16-7-8-17(14,15)13-6-4-3-5-11(13)9-12/h10-11H,3-9H2,1-2H3. The predicted octanol–water partition coefficient (Wildman–Crippen LogP) is 1.83. The monoisotopic (exact) mass is 283 g/mol. The maximum atomic E-state index is 12.1. The van der Waals surface area contributed by atoms with Crippen molar-refractivity contribution in [3.8, 4) is 0 Å². The summed E-state index contributed by atoms with van der Waals surface area (Å²) in [4.78, 5) is 0. The molecule has 0 amide bonds. The molecule has 1 fully saturated rings. The van der Waals surface area contributed by atoms with Gasteiger partial charge in [0.15, 0.2) is 0 Å². The fourth-order valence-corrected chi connectivity index (χ4v) is 3.99. The van der Waals surface area contributed by atoms with E-state index in [1.165, 1.54) is 0 Å². The molecule has 1 atom stereocenters. The second-order valence-corrected chi connectivity index (χ2v) is 7.00. The van der Waals surface area contributed by atoms with Crippen molar-refractivity contribution in [3.05, 3.63) is 0 Å². The molecule has 1 aliphatic rings. The molecule has 0 radical (unpaired) electrons. The molecule has 4 nitrogen and oxygen atoms in total. The predicted molar refractivity (Wildman–Crippen MR) is 69.9 cm³/mol. The number of alkyl halides is 1. The van der Waals surface area contributed by atoms with Crippen molar-refractivity contribution in [1.82, 2.24) is 4.31 Å². The van der Waals surface area contributed by atoms with Crippen LogP contribution in [0.2, 0.25) is 0 Å². The van der Waals surface area contributed by atoms with Gasteiger partial charge in [-0.2, -0.15) is 4.31 Å². The fraction of sp³-hybridized carbons (Fsp3) is 1.00. The van der Waals surface area contributed by atoms with E-state index in [2.05, 4.69) is 0 Å². The highest BCUT2D eigenvalue weighted by atomic mass is 35.5.